The van der Waals surface area contributed by atoms with E-state index in [4.69, 9.17) is 5.73 Å². The van der Waals surface area contributed by atoms with Crippen LogP contribution in [0.15, 0.2) is 48.5 Å². The van der Waals surface area contributed by atoms with E-state index < -0.39 is 0 Å². The lowest BCUT2D eigenvalue weighted by atomic mass is 10.1. The van der Waals surface area contributed by atoms with Crippen LogP contribution < -0.4 is 11.1 Å². The first-order chi connectivity index (χ1) is 9.65. The molecule has 1 amide bonds. The molecule has 0 aliphatic carbocycles. The van der Waals surface area contributed by atoms with E-state index in [1.165, 1.54) is 5.56 Å². The third-order valence-electron chi connectivity index (χ3n) is 3.24. The number of anilines is 2. The van der Waals surface area contributed by atoms with Gasteiger partial charge in [-0.05, 0) is 49.1 Å². The highest BCUT2D eigenvalue weighted by Gasteiger charge is 2.04. The molecule has 0 aliphatic heterocycles. The predicted molar refractivity (Wildman–Crippen MR) is 83.6 cm³/mol. The minimum absolute atomic E-state index is 0.0585. The molecule has 20 heavy (non-hydrogen) atoms. The van der Waals surface area contributed by atoms with Crippen LogP contribution in [0.5, 0.6) is 0 Å². The second kappa shape index (κ2) is 6.75. The largest absolute Gasteiger partial charge is 0.399 e. The van der Waals surface area contributed by atoms with Gasteiger partial charge in [-0.3, -0.25) is 4.79 Å². The summed E-state index contributed by atoms with van der Waals surface area (Å²) in [7, 11) is 0. The van der Waals surface area contributed by atoms with Crippen LogP contribution in [-0.2, 0) is 11.2 Å². The number of benzene rings is 2. The van der Waals surface area contributed by atoms with Gasteiger partial charge in [0, 0.05) is 17.8 Å². The van der Waals surface area contributed by atoms with E-state index in [0.29, 0.717) is 6.42 Å². The minimum atomic E-state index is 0.0585. The van der Waals surface area contributed by atoms with Crippen molar-refractivity contribution in [2.75, 3.05) is 11.1 Å². The molecular weight excluding hydrogens is 248 g/mol. The van der Waals surface area contributed by atoms with Crippen LogP contribution in [-0.4, -0.2) is 5.91 Å². The summed E-state index contributed by atoms with van der Waals surface area (Å²) in [5.41, 5.74) is 9.65. The molecule has 0 aromatic heterocycles. The smallest absolute Gasteiger partial charge is 0.224 e. The van der Waals surface area contributed by atoms with Gasteiger partial charge in [0.1, 0.15) is 0 Å². The molecule has 2 rings (SSSR count). The molecule has 0 atom stereocenters. The second-order valence-electron chi connectivity index (χ2n) is 4.96. The predicted octanol–water partition coefficient (Wildman–Crippen LogP) is 3.54. The number of hydrogen-bond acceptors (Lipinski definition) is 2. The molecule has 2 aromatic carbocycles. The van der Waals surface area contributed by atoms with Crippen molar-refractivity contribution in [1.29, 1.82) is 0 Å². The fourth-order valence-electron chi connectivity index (χ4n) is 2.13. The lowest BCUT2D eigenvalue weighted by molar-refractivity contribution is -0.116. The van der Waals surface area contributed by atoms with Crippen LogP contribution in [0.2, 0.25) is 0 Å². The van der Waals surface area contributed by atoms with E-state index >= 15 is 0 Å². The van der Waals surface area contributed by atoms with Gasteiger partial charge in [-0.15, -0.1) is 0 Å². The van der Waals surface area contributed by atoms with E-state index in [1.54, 1.807) is 0 Å². The van der Waals surface area contributed by atoms with E-state index in [2.05, 4.69) is 5.32 Å². The van der Waals surface area contributed by atoms with Crippen molar-refractivity contribution < 1.29 is 4.79 Å². The van der Waals surface area contributed by atoms with Gasteiger partial charge in [0.25, 0.3) is 0 Å². The third kappa shape index (κ3) is 4.12. The SMILES string of the molecule is Cc1ccccc1NC(=O)CCCc1cccc(N)c1. The molecule has 0 heterocycles. The van der Waals surface area contributed by atoms with Gasteiger partial charge in [-0.2, -0.15) is 0 Å². The molecule has 3 N–H and O–H groups in total. The zero-order valence-corrected chi connectivity index (χ0v) is 11.7. The van der Waals surface area contributed by atoms with E-state index in [1.807, 2.05) is 55.5 Å². The molecule has 0 saturated heterocycles. The van der Waals surface area contributed by atoms with Crippen molar-refractivity contribution in [3.8, 4) is 0 Å². The highest BCUT2D eigenvalue weighted by molar-refractivity contribution is 5.91. The van der Waals surface area contributed by atoms with Crippen LogP contribution >= 0.6 is 0 Å². The Balaban J connectivity index is 1.80. The van der Waals surface area contributed by atoms with Crippen LogP contribution in [0.25, 0.3) is 0 Å². The zero-order valence-electron chi connectivity index (χ0n) is 11.7. The van der Waals surface area contributed by atoms with E-state index in [-0.39, 0.29) is 5.91 Å². The topological polar surface area (TPSA) is 55.1 Å². The van der Waals surface area contributed by atoms with Gasteiger partial charge in [0.05, 0.1) is 0 Å². The summed E-state index contributed by atoms with van der Waals surface area (Å²) in [6.07, 6.45) is 2.20. The third-order valence-corrected chi connectivity index (χ3v) is 3.24. The van der Waals surface area contributed by atoms with E-state index in [9.17, 15) is 4.79 Å². The van der Waals surface area contributed by atoms with Crippen molar-refractivity contribution >= 4 is 17.3 Å². The Morgan fingerprint density at radius 3 is 2.70 bits per heavy atom. The number of aryl methyl sites for hydroxylation is 2. The van der Waals surface area contributed by atoms with Gasteiger partial charge in [-0.25, -0.2) is 0 Å². The number of para-hydroxylation sites is 1. The van der Waals surface area contributed by atoms with Crippen LogP contribution in [0, 0.1) is 6.92 Å². The first-order valence-corrected chi connectivity index (χ1v) is 6.85. The first kappa shape index (κ1) is 14.1. The van der Waals surface area contributed by atoms with Gasteiger partial charge in [0.2, 0.25) is 5.91 Å². The van der Waals surface area contributed by atoms with Crippen LogP contribution in [0.1, 0.15) is 24.0 Å². The maximum Gasteiger partial charge on any atom is 0.224 e. The first-order valence-electron chi connectivity index (χ1n) is 6.85. The Morgan fingerprint density at radius 1 is 1.15 bits per heavy atom. The highest BCUT2D eigenvalue weighted by Crippen LogP contribution is 2.14. The fraction of sp³-hybridized carbons (Fsp3) is 0.235. The maximum atomic E-state index is 11.9. The minimum Gasteiger partial charge on any atom is -0.399 e. The summed E-state index contributed by atoms with van der Waals surface area (Å²) in [5.74, 6) is 0.0585. The summed E-state index contributed by atoms with van der Waals surface area (Å²) in [6.45, 7) is 1.99. The summed E-state index contributed by atoms with van der Waals surface area (Å²) >= 11 is 0. The molecule has 0 radical (unpaired) electrons. The quantitative estimate of drug-likeness (QED) is 0.815. The normalized spacial score (nSPS) is 10.2. The average molecular weight is 268 g/mol. The Morgan fingerprint density at radius 2 is 1.95 bits per heavy atom. The summed E-state index contributed by atoms with van der Waals surface area (Å²) in [4.78, 5) is 11.9. The molecule has 0 saturated carbocycles. The van der Waals surface area contributed by atoms with Crippen LogP contribution in [0.3, 0.4) is 0 Å². The van der Waals surface area contributed by atoms with Gasteiger partial charge in [0.15, 0.2) is 0 Å². The number of nitrogens with two attached hydrogens (primary N) is 1. The van der Waals surface area contributed by atoms with Gasteiger partial charge in [-0.1, -0.05) is 30.3 Å². The summed E-state index contributed by atoms with van der Waals surface area (Å²) in [6, 6.07) is 15.6. The van der Waals surface area contributed by atoms with Crippen molar-refractivity contribution in [3.05, 3.63) is 59.7 Å². The fourth-order valence-corrected chi connectivity index (χ4v) is 2.13. The number of rotatable bonds is 5. The number of nitrogen functional groups attached to an aromatic ring is 1. The number of nitrogens with one attached hydrogen (secondary N) is 1. The molecule has 3 heteroatoms. The van der Waals surface area contributed by atoms with Gasteiger partial charge < -0.3 is 11.1 Å². The molecule has 104 valence electrons. The maximum absolute atomic E-state index is 11.9. The standard InChI is InChI=1S/C17H20N2O/c1-13-6-2-3-10-16(13)19-17(20)11-5-8-14-7-4-9-15(18)12-14/h2-4,6-7,9-10,12H,5,8,11,18H2,1H3,(H,19,20). The lowest BCUT2D eigenvalue weighted by Crippen LogP contribution is -2.12. The molecule has 3 nitrogen and oxygen atoms in total. The molecule has 2 aromatic rings. The Hall–Kier alpha value is -2.29. The number of carbonyl (C=O) groups is 1. The highest BCUT2D eigenvalue weighted by atomic mass is 16.1. The molecular formula is C17H20N2O. The molecule has 0 unspecified atom stereocenters. The monoisotopic (exact) mass is 268 g/mol. The van der Waals surface area contributed by atoms with Crippen molar-refractivity contribution in [2.24, 2.45) is 0 Å². The summed E-state index contributed by atoms with van der Waals surface area (Å²) < 4.78 is 0. The number of amides is 1. The van der Waals surface area contributed by atoms with Crippen molar-refractivity contribution in [3.63, 3.8) is 0 Å². The zero-order chi connectivity index (χ0) is 14.4. The van der Waals surface area contributed by atoms with Crippen molar-refractivity contribution in [2.45, 2.75) is 26.2 Å². The average Bonchev–Trinajstić information content (AvgIpc) is 2.41. The Labute approximate surface area is 119 Å². The molecule has 0 fully saturated rings. The molecule has 0 spiro atoms. The van der Waals surface area contributed by atoms with Gasteiger partial charge >= 0.3 is 0 Å². The van der Waals surface area contributed by atoms with Crippen LogP contribution in [0.4, 0.5) is 11.4 Å². The summed E-state index contributed by atoms with van der Waals surface area (Å²) in [5, 5.41) is 2.94. The second-order valence-corrected chi connectivity index (χ2v) is 4.96. The lowest BCUT2D eigenvalue weighted by Gasteiger charge is -2.08. The Kier molecular flexibility index (Phi) is 4.77. The molecule has 0 bridgehead atoms. The number of hydrogen-bond donors (Lipinski definition) is 2. The van der Waals surface area contributed by atoms with E-state index in [0.717, 1.165) is 29.8 Å². The molecule has 0 aliphatic rings. The Bertz CT molecular complexity index is 593. The van der Waals surface area contributed by atoms with Crippen molar-refractivity contribution in [1.82, 2.24) is 0 Å². The number of carbonyl (C=O) groups excluding carboxylic acids is 1.